The summed E-state index contributed by atoms with van der Waals surface area (Å²) < 4.78 is 10.5. The number of nitrogens with zero attached hydrogens (tertiary/aromatic N) is 3. The third kappa shape index (κ3) is 3.49. The third-order valence-electron chi connectivity index (χ3n) is 4.92. The standard InChI is InChI=1S/C21H22N4O4/c1-28-17-9-8-14(12-18(17)29-2)23-19(26)13-25-16-7-4-3-6-15(16)20-22-10-5-11-24(20)21(25)27/h3-4,6-9,12H,5,10-11,13H2,1-2H3,(H,23,26). The van der Waals surface area contributed by atoms with Crippen molar-refractivity contribution in [2.75, 3.05) is 44.1 Å². The van der Waals surface area contributed by atoms with E-state index in [9.17, 15) is 9.59 Å². The van der Waals surface area contributed by atoms with E-state index in [4.69, 9.17) is 9.47 Å². The van der Waals surface area contributed by atoms with E-state index in [2.05, 4.69) is 10.3 Å². The number of urea groups is 1. The van der Waals surface area contributed by atoms with Crippen LogP contribution in [0.2, 0.25) is 0 Å². The summed E-state index contributed by atoms with van der Waals surface area (Å²) in [7, 11) is 3.08. The van der Waals surface area contributed by atoms with Crippen LogP contribution in [0.3, 0.4) is 0 Å². The van der Waals surface area contributed by atoms with Gasteiger partial charge in [-0.05, 0) is 30.7 Å². The molecule has 0 aliphatic carbocycles. The summed E-state index contributed by atoms with van der Waals surface area (Å²) >= 11 is 0. The van der Waals surface area contributed by atoms with Gasteiger partial charge >= 0.3 is 6.03 Å². The van der Waals surface area contributed by atoms with Gasteiger partial charge in [0.05, 0.1) is 19.9 Å². The molecule has 0 aromatic heterocycles. The van der Waals surface area contributed by atoms with Crippen molar-refractivity contribution < 1.29 is 19.1 Å². The van der Waals surface area contributed by atoms with E-state index in [-0.39, 0.29) is 18.5 Å². The van der Waals surface area contributed by atoms with Crippen LogP contribution >= 0.6 is 0 Å². The first kappa shape index (κ1) is 18.8. The maximum atomic E-state index is 13.0. The lowest BCUT2D eigenvalue weighted by atomic mass is 10.1. The molecule has 0 saturated carbocycles. The number of ether oxygens (including phenoxy) is 2. The predicted octanol–water partition coefficient (Wildman–Crippen LogP) is 2.73. The molecular weight excluding hydrogens is 372 g/mol. The summed E-state index contributed by atoms with van der Waals surface area (Å²) in [4.78, 5) is 33.4. The Morgan fingerprint density at radius 3 is 2.72 bits per heavy atom. The molecule has 8 heteroatoms. The van der Waals surface area contributed by atoms with Crippen molar-refractivity contribution in [3.8, 4) is 11.5 Å². The Balaban J connectivity index is 1.57. The van der Waals surface area contributed by atoms with Crippen LogP contribution < -0.4 is 19.7 Å². The number of fused-ring (bicyclic) bond motifs is 3. The fourth-order valence-electron chi connectivity index (χ4n) is 3.58. The number of para-hydroxylation sites is 1. The maximum absolute atomic E-state index is 13.0. The number of anilines is 2. The van der Waals surface area contributed by atoms with Gasteiger partial charge in [0.1, 0.15) is 12.4 Å². The second-order valence-corrected chi connectivity index (χ2v) is 6.71. The van der Waals surface area contributed by atoms with E-state index in [1.54, 1.807) is 30.2 Å². The molecule has 0 spiro atoms. The minimum absolute atomic E-state index is 0.103. The molecule has 0 atom stereocenters. The highest BCUT2D eigenvalue weighted by atomic mass is 16.5. The summed E-state index contributed by atoms with van der Waals surface area (Å²) in [5.74, 6) is 1.47. The normalized spacial score (nSPS) is 15.2. The first-order chi connectivity index (χ1) is 14.1. The molecule has 2 aliphatic rings. The topological polar surface area (TPSA) is 83.5 Å². The van der Waals surface area contributed by atoms with Gasteiger partial charge in [0.15, 0.2) is 11.5 Å². The number of hydrogen-bond acceptors (Lipinski definition) is 5. The Morgan fingerprint density at radius 1 is 1.14 bits per heavy atom. The van der Waals surface area contributed by atoms with Crippen LogP contribution in [0.5, 0.6) is 11.5 Å². The van der Waals surface area contributed by atoms with Crippen molar-refractivity contribution in [1.82, 2.24) is 4.90 Å². The molecule has 2 aliphatic heterocycles. The first-order valence-electron chi connectivity index (χ1n) is 9.37. The number of methoxy groups -OCH3 is 2. The van der Waals surface area contributed by atoms with Crippen LogP contribution in [0, 0.1) is 0 Å². The Morgan fingerprint density at radius 2 is 1.93 bits per heavy atom. The zero-order valence-corrected chi connectivity index (χ0v) is 16.3. The highest BCUT2D eigenvalue weighted by Crippen LogP contribution is 2.31. The van der Waals surface area contributed by atoms with Gasteiger partial charge in [-0.3, -0.25) is 19.6 Å². The number of nitrogens with one attached hydrogen (secondary N) is 1. The lowest BCUT2D eigenvalue weighted by molar-refractivity contribution is -0.114. The van der Waals surface area contributed by atoms with Gasteiger partial charge in [-0.25, -0.2) is 4.79 Å². The van der Waals surface area contributed by atoms with Crippen molar-refractivity contribution in [3.63, 3.8) is 0 Å². The van der Waals surface area contributed by atoms with Gasteiger partial charge in [0.2, 0.25) is 5.91 Å². The molecule has 3 amide bonds. The summed E-state index contributed by atoms with van der Waals surface area (Å²) in [6, 6.07) is 12.4. The summed E-state index contributed by atoms with van der Waals surface area (Å²) in [5, 5.41) is 2.82. The SMILES string of the molecule is COc1ccc(NC(=O)CN2C(=O)N3CCCN=C3c3ccccc32)cc1OC. The molecule has 0 radical (unpaired) electrons. The average molecular weight is 394 g/mol. The Kier molecular flexibility index (Phi) is 5.07. The van der Waals surface area contributed by atoms with E-state index in [0.717, 1.165) is 12.0 Å². The molecule has 2 aromatic carbocycles. The summed E-state index contributed by atoms with van der Waals surface area (Å²) in [6.45, 7) is 1.20. The Bertz CT molecular complexity index is 988. The Labute approximate surface area is 168 Å². The number of carbonyl (C=O) groups excluding carboxylic acids is 2. The van der Waals surface area contributed by atoms with Gasteiger partial charge in [-0.15, -0.1) is 0 Å². The quantitative estimate of drug-likeness (QED) is 0.845. The Hall–Kier alpha value is -3.55. The fourth-order valence-corrected chi connectivity index (χ4v) is 3.58. The number of amidine groups is 1. The molecule has 0 fully saturated rings. The maximum Gasteiger partial charge on any atom is 0.330 e. The lowest BCUT2D eigenvalue weighted by Crippen LogP contribution is -2.54. The van der Waals surface area contributed by atoms with Crippen LogP contribution in [-0.2, 0) is 4.79 Å². The zero-order chi connectivity index (χ0) is 20.4. The van der Waals surface area contributed by atoms with Gasteiger partial charge in [-0.1, -0.05) is 12.1 Å². The molecule has 150 valence electrons. The van der Waals surface area contributed by atoms with Crippen LogP contribution in [0.1, 0.15) is 12.0 Å². The monoisotopic (exact) mass is 394 g/mol. The number of rotatable bonds is 5. The molecular formula is C21H22N4O4. The molecule has 29 heavy (non-hydrogen) atoms. The highest BCUT2D eigenvalue weighted by molar-refractivity contribution is 6.20. The van der Waals surface area contributed by atoms with E-state index in [1.165, 1.54) is 12.0 Å². The predicted molar refractivity (Wildman–Crippen MR) is 110 cm³/mol. The summed E-state index contributed by atoms with van der Waals surface area (Å²) in [6.07, 6.45) is 0.809. The van der Waals surface area contributed by atoms with Gasteiger partial charge in [0, 0.05) is 30.4 Å². The van der Waals surface area contributed by atoms with Crippen LogP contribution in [-0.4, -0.2) is 56.5 Å². The smallest absolute Gasteiger partial charge is 0.330 e. The van der Waals surface area contributed by atoms with Gasteiger partial charge in [0.25, 0.3) is 0 Å². The lowest BCUT2D eigenvalue weighted by Gasteiger charge is -2.39. The van der Waals surface area contributed by atoms with Crippen molar-refractivity contribution in [3.05, 3.63) is 48.0 Å². The largest absolute Gasteiger partial charge is 0.493 e. The molecule has 8 nitrogen and oxygen atoms in total. The molecule has 4 rings (SSSR count). The van der Waals surface area contributed by atoms with E-state index < -0.39 is 0 Å². The zero-order valence-electron chi connectivity index (χ0n) is 16.3. The number of amides is 3. The van der Waals surface area contributed by atoms with Crippen molar-refractivity contribution in [2.24, 2.45) is 4.99 Å². The van der Waals surface area contributed by atoms with Crippen LogP contribution in [0.15, 0.2) is 47.5 Å². The van der Waals surface area contributed by atoms with Gasteiger partial charge < -0.3 is 14.8 Å². The second kappa shape index (κ2) is 7.83. The fraction of sp³-hybridized carbons (Fsp3) is 0.286. The van der Waals surface area contributed by atoms with Crippen molar-refractivity contribution >= 4 is 29.1 Å². The molecule has 0 saturated heterocycles. The van der Waals surface area contributed by atoms with E-state index in [1.807, 2.05) is 24.3 Å². The number of carbonyl (C=O) groups is 2. The highest BCUT2D eigenvalue weighted by Gasteiger charge is 2.36. The molecule has 2 aromatic rings. The van der Waals surface area contributed by atoms with Crippen LogP contribution in [0.4, 0.5) is 16.2 Å². The molecule has 0 unspecified atom stereocenters. The van der Waals surface area contributed by atoms with E-state index in [0.29, 0.717) is 41.8 Å². The third-order valence-corrected chi connectivity index (χ3v) is 4.92. The minimum Gasteiger partial charge on any atom is -0.493 e. The first-order valence-corrected chi connectivity index (χ1v) is 9.37. The minimum atomic E-state index is -0.308. The molecule has 2 heterocycles. The number of hydrogen-bond donors (Lipinski definition) is 1. The van der Waals surface area contributed by atoms with Crippen molar-refractivity contribution in [2.45, 2.75) is 6.42 Å². The number of aliphatic imine (C=N–C) groups is 1. The molecule has 1 N–H and O–H groups in total. The summed E-state index contributed by atoms with van der Waals surface area (Å²) in [5.41, 5.74) is 2.12. The van der Waals surface area contributed by atoms with Gasteiger partial charge in [-0.2, -0.15) is 0 Å². The average Bonchev–Trinajstić information content (AvgIpc) is 2.76. The molecule has 0 bridgehead atoms. The van der Waals surface area contributed by atoms with Crippen molar-refractivity contribution in [1.29, 1.82) is 0 Å². The number of benzene rings is 2. The van der Waals surface area contributed by atoms with E-state index >= 15 is 0 Å². The second-order valence-electron chi connectivity index (χ2n) is 6.71. The van der Waals surface area contributed by atoms with Crippen LogP contribution in [0.25, 0.3) is 0 Å².